The molecule has 0 aliphatic carbocycles. The highest BCUT2D eigenvalue weighted by Crippen LogP contribution is 2.27. The van der Waals surface area contributed by atoms with Crippen molar-refractivity contribution in [1.29, 1.82) is 0 Å². The number of methoxy groups -OCH3 is 1. The minimum atomic E-state index is -1.52. The minimum Gasteiger partial charge on any atom is -0.477 e. The highest BCUT2D eigenvalue weighted by Gasteiger charge is 2.30. The van der Waals surface area contributed by atoms with Gasteiger partial charge < -0.3 is 25.3 Å². The van der Waals surface area contributed by atoms with Gasteiger partial charge in [-0.2, -0.15) is 0 Å². The molecule has 0 fully saturated rings. The fourth-order valence-electron chi connectivity index (χ4n) is 2.42. The first-order valence-corrected chi connectivity index (χ1v) is 7.70. The second-order valence-electron chi connectivity index (χ2n) is 5.49. The molecule has 0 spiro atoms. The van der Waals surface area contributed by atoms with Gasteiger partial charge in [-0.1, -0.05) is 0 Å². The summed E-state index contributed by atoms with van der Waals surface area (Å²) < 4.78 is 4.65. The van der Waals surface area contributed by atoms with Gasteiger partial charge in [-0.25, -0.2) is 19.4 Å². The van der Waals surface area contributed by atoms with Crippen LogP contribution in [0.5, 0.6) is 0 Å². The Hall–Kier alpha value is -4.20. The highest BCUT2D eigenvalue weighted by molar-refractivity contribution is 6.08. The molecule has 11 nitrogen and oxygen atoms in total. The van der Waals surface area contributed by atoms with Gasteiger partial charge in [0.1, 0.15) is 6.04 Å². The van der Waals surface area contributed by atoms with Crippen LogP contribution in [0.2, 0.25) is 0 Å². The van der Waals surface area contributed by atoms with Crippen molar-refractivity contribution in [2.24, 2.45) is 0 Å². The summed E-state index contributed by atoms with van der Waals surface area (Å²) in [5.41, 5.74) is -1.41. The van der Waals surface area contributed by atoms with E-state index in [2.05, 4.69) is 24.9 Å². The zero-order chi connectivity index (χ0) is 20.8. The molecule has 1 heterocycles. The van der Waals surface area contributed by atoms with Gasteiger partial charge in [0, 0.05) is 23.9 Å². The number of carbonyl (C=O) groups excluding carboxylic acids is 2. The Morgan fingerprint density at radius 3 is 2.29 bits per heavy atom. The Morgan fingerprint density at radius 2 is 1.86 bits per heavy atom. The molecular weight excluding hydrogens is 372 g/mol. The van der Waals surface area contributed by atoms with E-state index in [4.69, 9.17) is 6.57 Å². The summed E-state index contributed by atoms with van der Waals surface area (Å²) in [4.78, 5) is 57.1. The second kappa shape index (κ2) is 8.45. The number of ether oxygens (including phenoxy) is 1. The number of esters is 1. The number of aromatic amines is 1. The Balaban J connectivity index is 2.41. The summed E-state index contributed by atoms with van der Waals surface area (Å²) in [6, 6.07) is 0.708. The van der Waals surface area contributed by atoms with Crippen LogP contribution in [-0.2, 0) is 16.0 Å². The van der Waals surface area contributed by atoms with E-state index in [1.54, 1.807) is 0 Å². The molecule has 0 radical (unpaired) electrons. The van der Waals surface area contributed by atoms with Crippen LogP contribution in [-0.4, -0.2) is 57.1 Å². The number of nitrogens with one attached hydrogen (secondary N) is 2. The summed E-state index contributed by atoms with van der Waals surface area (Å²) in [6.07, 6.45) is 2.86. The molecule has 1 amide bonds. The lowest BCUT2D eigenvalue weighted by Crippen LogP contribution is -2.43. The molecular formula is C17H15N4O7+. The fourth-order valence-corrected chi connectivity index (χ4v) is 2.42. The molecule has 11 heteroatoms. The third kappa shape index (κ3) is 4.31. The number of aromatic carboxylic acids is 2. The average Bonchev–Trinajstić information content (AvgIpc) is 3.18. The van der Waals surface area contributed by atoms with E-state index in [-0.39, 0.29) is 12.0 Å². The van der Waals surface area contributed by atoms with Crippen LogP contribution in [0.1, 0.15) is 36.8 Å². The lowest BCUT2D eigenvalue weighted by Gasteiger charge is -2.16. The van der Waals surface area contributed by atoms with Gasteiger partial charge >= 0.3 is 23.6 Å². The van der Waals surface area contributed by atoms with Crippen molar-refractivity contribution >= 4 is 29.5 Å². The standard InChI is InChI=1S/C17H14N4O7/c1-18-13-10(15(23)24)3-8(4-11(13)16(25)26)14(22)21-12(17(27)28-2)5-9-6-19-7-20-9/h1,3-4,6-7,12H,5H2,2H3,(H3-,19,20,21,22,23,24,25,26)/p+1/t12-/m1/s1. The number of amides is 1. The maximum absolute atomic E-state index is 12.6. The van der Waals surface area contributed by atoms with Gasteiger partial charge in [-0.05, 0) is 17.0 Å². The van der Waals surface area contributed by atoms with Crippen molar-refractivity contribution in [3.8, 4) is 6.57 Å². The zero-order valence-corrected chi connectivity index (χ0v) is 14.5. The second-order valence-corrected chi connectivity index (χ2v) is 5.49. The van der Waals surface area contributed by atoms with Gasteiger partial charge in [-0.15, -0.1) is 0 Å². The van der Waals surface area contributed by atoms with Crippen molar-refractivity contribution in [2.75, 3.05) is 7.11 Å². The number of carbonyl (C=O) groups is 4. The molecule has 0 aliphatic heterocycles. The number of carboxylic acids is 2. The summed E-state index contributed by atoms with van der Waals surface area (Å²) in [5.74, 6) is -4.69. The van der Waals surface area contributed by atoms with Crippen LogP contribution < -0.4 is 5.32 Å². The van der Waals surface area contributed by atoms with Crippen LogP contribution in [0.4, 0.5) is 5.69 Å². The number of rotatable bonds is 7. The third-order valence-corrected chi connectivity index (χ3v) is 3.73. The highest BCUT2D eigenvalue weighted by atomic mass is 16.5. The molecule has 4 N–H and O–H groups in total. The molecule has 2 rings (SSSR count). The number of hydrogen-bond acceptors (Lipinski definition) is 6. The monoisotopic (exact) mass is 387 g/mol. The number of benzene rings is 1. The van der Waals surface area contributed by atoms with E-state index in [1.165, 1.54) is 12.5 Å². The third-order valence-electron chi connectivity index (χ3n) is 3.73. The predicted octanol–water partition coefficient (Wildman–Crippen LogP) is 0.914. The topological polar surface area (TPSA) is 163 Å². The van der Waals surface area contributed by atoms with Crippen LogP contribution in [0, 0.1) is 6.57 Å². The summed E-state index contributed by atoms with van der Waals surface area (Å²) in [5, 5.41) is 20.9. The number of aromatic nitrogens is 2. The number of nitrogens with zero attached hydrogens (tertiary/aromatic N) is 2. The lowest BCUT2D eigenvalue weighted by atomic mass is 10.0. The fraction of sp³-hybridized carbons (Fsp3) is 0.176. The minimum absolute atomic E-state index is 0.0200. The van der Waals surface area contributed by atoms with Gasteiger partial charge in [0.25, 0.3) is 12.5 Å². The predicted molar refractivity (Wildman–Crippen MR) is 93.9 cm³/mol. The lowest BCUT2D eigenvalue weighted by molar-refractivity contribution is -0.142. The Bertz CT molecular complexity index is 941. The Morgan fingerprint density at radius 1 is 1.25 bits per heavy atom. The van der Waals surface area contributed by atoms with Crippen molar-refractivity contribution in [1.82, 2.24) is 15.3 Å². The van der Waals surface area contributed by atoms with Gasteiger partial charge in [0.2, 0.25) is 0 Å². The van der Waals surface area contributed by atoms with E-state index in [0.717, 1.165) is 19.2 Å². The molecule has 0 bridgehead atoms. The van der Waals surface area contributed by atoms with Crippen molar-refractivity contribution in [3.63, 3.8) is 0 Å². The maximum Gasteiger partial charge on any atom is 0.368 e. The number of hydrogen-bond donors (Lipinski definition) is 4. The van der Waals surface area contributed by atoms with Crippen LogP contribution in [0.25, 0.3) is 4.85 Å². The zero-order valence-electron chi connectivity index (χ0n) is 14.5. The van der Waals surface area contributed by atoms with Crippen LogP contribution >= 0.6 is 0 Å². The molecule has 2 aromatic rings. The Labute approximate surface area is 157 Å². The first-order valence-electron chi connectivity index (χ1n) is 7.70. The molecule has 0 unspecified atom stereocenters. The van der Waals surface area contributed by atoms with E-state index in [9.17, 15) is 29.4 Å². The molecule has 0 saturated carbocycles. The SMILES string of the molecule is C#[N+]c1c(C(=O)O)cc(C(=O)N[C@H](Cc2cnc[nH]2)C(=O)OC)cc1C(=O)O. The smallest absolute Gasteiger partial charge is 0.368 e. The summed E-state index contributed by atoms with van der Waals surface area (Å²) in [7, 11) is 1.14. The molecule has 1 atom stereocenters. The van der Waals surface area contributed by atoms with Gasteiger partial charge in [0.15, 0.2) is 11.1 Å². The van der Waals surface area contributed by atoms with E-state index in [0.29, 0.717) is 5.69 Å². The first kappa shape index (κ1) is 20.1. The van der Waals surface area contributed by atoms with Gasteiger partial charge in [-0.3, -0.25) is 4.79 Å². The average molecular weight is 387 g/mol. The Kier molecular flexibility index (Phi) is 6.07. The van der Waals surface area contributed by atoms with Crippen molar-refractivity contribution in [3.05, 3.63) is 51.9 Å². The largest absolute Gasteiger partial charge is 0.477 e. The normalized spacial score (nSPS) is 11.1. The molecule has 144 valence electrons. The number of H-pyrrole nitrogens is 1. The van der Waals surface area contributed by atoms with E-state index < -0.39 is 46.7 Å². The summed E-state index contributed by atoms with van der Waals surface area (Å²) in [6.45, 7) is 5.09. The number of imidazole rings is 1. The molecule has 1 aromatic heterocycles. The van der Waals surface area contributed by atoms with Gasteiger partial charge in [0.05, 0.1) is 13.4 Å². The van der Waals surface area contributed by atoms with Crippen molar-refractivity contribution < 1.29 is 34.1 Å². The summed E-state index contributed by atoms with van der Waals surface area (Å²) >= 11 is 0. The van der Waals surface area contributed by atoms with Crippen LogP contribution in [0.3, 0.4) is 0 Å². The van der Waals surface area contributed by atoms with Crippen LogP contribution in [0.15, 0.2) is 24.7 Å². The van der Waals surface area contributed by atoms with Crippen molar-refractivity contribution in [2.45, 2.75) is 12.5 Å². The first-order chi connectivity index (χ1) is 13.3. The molecule has 0 aliphatic rings. The van der Waals surface area contributed by atoms with E-state index in [1.807, 2.05) is 0 Å². The maximum atomic E-state index is 12.6. The number of carboxylic acid groups (broad SMARTS) is 2. The quantitative estimate of drug-likeness (QED) is 0.509. The molecule has 0 saturated heterocycles. The molecule has 28 heavy (non-hydrogen) atoms. The van der Waals surface area contributed by atoms with E-state index >= 15 is 0 Å². The molecule has 1 aromatic carbocycles.